The fourth-order valence-corrected chi connectivity index (χ4v) is 1.63. The highest BCUT2D eigenvalue weighted by Crippen LogP contribution is 2.22. The zero-order valence-corrected chi connectivity index (χ0v) is 10.6. The first kappa shape index (κ1) is 14.6. The number of hydrogen-bond acceptors (Lipinski definition) is 3. The molecule has 0 aliphatic heterocycles. The molecule has 0 radical (unpaired) electrons. The van der Waals surface area contributed by atoms with Crippen LogP contribution in [0.5, 0.6) is 0 Å². The van der Waals surface area contributed by atoms with Gasteiger partial charge in [-0.25, -0.2) is 4.39 Å². The molecule has 0 aliphatic rings. The smallest absolute Gasteiger partial charge is 0.321 e. The lowest BCUT2D eigenvalue weighted by atomic mass is 9.84. The number of carboxylic acids is 1. The predicted molar refractivity (Wildman–Crippen MR) is 67.9 cm³/mol. The lowest BCUT2D eigenvalue weighted by molar-refractivity contribution is -0.138. The van der Waals surface area contributed by atoms with Gasteiger partial charge in [-0.3, -0.25) is 4.79 Å². The second-order valence-corrected chi connectivity index (χ2v) is 4.97. The van der Waals surface area contributed by atoms with Crippen molar-refractivity contribution in [3.8, 4) is 0 Å². The Balaban J connectivity index is 2.54. The largest absolute Gasteiger partial charge is 0.480 e. The minimum Gasteiger partial charge on any atom is -0.480 e. The summed E-state index contributed by atoms with van der Waals surface area (Å²) in [5, 5.41) is 11.7. The quantitative estimate of drug-likeness (QED) is 0.710. The van der Waals surface area contributed by atoms with E-state index in [1.165, 1.54) is 12.1 Å². The molecule has 18 heavy (non-hydrogen) atoms. The van der Waals surface area contributed by atoms with Gasteiger partial charge in [-0.15, -0.1) is 0 Å². The van der Waals surface area contributed by atoms with E-state index in [0.717, 1.165) is 5.56 Å². The van der Waals surface area contributed by atoms with Gasteiger partial charge in [-0.05, 0) is 17.7 Å². The van der Waals surface area contributed by atoms with Gasteiger partial charge in [-0.1, -0.05) is 26.0 Å². The summed E-state index contributed by atoms with van der Waals surface area (Å²) in [6.45, 7) is 4.78. The van der Waals surface area contributed by atoms with E-state index < -0.39 is 12.0 Å². The maximum atomic E-state index is 12.8. The molecule has 0 spiro atoms. The summed E-state index contributed by atoms with van der Waals surface area (Å²) in [6, 6.07) is 5.39. The molecule has 1 unspecified atom stereocenters. The highest BCUT2D eigenvalue weighted by molar-refractivity contribution is 5.73. The van der Waals surface area contributed by atoms with Gasteiger partial charge < -0.3 is 16.2 Å². The van der Waals surface area contributed by atoms with Crippen molar-refractivity contribution in [1.29, 1.82) is 0 Å². The Morgan fingerprint density at radius 1 is 1.44 bits per heavy atom. The number of carbonyl (C=O) groups is 1. The molecule has 0 amide bonds. The molecular weight excluding hydrogens is 235 g/mol. The van der Waals surface area contributed by atoms with Crippen molar-refractivity contribution in [2.75, 3.05) is 13.1 Å². The summed E-state index contributed by atoms with van der Waals surface area (Å²) < 4.78 is 12.8. The zero-order chi connectivity index (χ0) is 13.8. The highest BCUT2D eigenvalue weighted by Gasteiger charge is 2.21. The third-order valence-electron chi connectivity index (χ3n) is 2.87. The Bertz CT molecular complexity index is 404. The third-order valence-corrected chi connectivity index (χ3v) is 2.87. The molecule has 4 nitrogen and oxygen atoms in total. The van der Waals surface area contributed by atoms with Gasteiger partial charge >= 0.3 is 5.97 Å². The predicted octanol–water partition coefficient (Wildman–Crippen LogP) is 1.10. The Labute approximate surface area is 106 Å². The number of nitrogens with two attached hydrogens (primary N) is 1. The molecule has 1 aromatic carbocycles. The molecule has 0 saturated carbocycles. The van der Waals surface area contributed by atoms with Gasteiger partial charge in [0.15, 0.2) is 0 Å². The van der Waals surface area contributed by atoms with Gasteiger partial charge in [-0.2, -0.15) is 0 Å². The minimum absolute atomic E-state index is 0.208. The molecule has 0 bridgehead atoms. The van der Waals surface area contributed by atoms with Gasteiger partial charge in [0.1, 0.15) is 11.9 Å². The van der Waals surface area contributed by atoms with Crippen LogP contribution >= 0.6 is 0 Å². The second-order valence-electron chi connectivity index (χ2n) is 4.97. The minimum atomic E-state index is -1.03. The monoisotopic (exact) mass is 254 g/mol. The van der Waals surface area contributed by atoms with Crippen molar-refractivity contribution in [1.82, 2.24) is 5.32 Å². The van der Waals surface area contributed by atoms with Crippen molar-refractivity contribution in [2.45, 2.75) is 25.3 Å². The number of nitrogens with one attached hydrogen (secondary N) is 1. The van der Waals surface area contributed by atoms with Crippen LogP contribution in [0.1, 0.15) is 19.4 Å². The van der Waals surface area contributed by atoms with E-state index in [-0.39, 0.29) is 17.8 Å². The van der Waals surface area contributed by atoms with Gasteiger partial charge in [0.2, 0.25) is 0 Å². The third kappa shape index (κ3) is 4.09. The Hall–Kier alpha value is -1.46. The van der Waals surface area contributed by atoms with Crippen LogP contribution in [-0.4, -0.2) is 30.2 Å². The van der Waals surface area contributed by atoms with Crippen molar-refractivity contribution >= 4 is 5.97 Å². The molecule has 0 fully saturated rings. The SMILES string of the molecule is CC(C)(CNCC(N)C(=O)O)c1ccc(F)cc1. The molecular formula is C13H19FN2O2. The second kappa shape index (κ2) is 5.93. The number of carboxylic acid groups (broad SMARTS) is 1. The highest BCUT2D eigenvalue weighted by atomic mass is 19.1. The Kier molecular flexibility index (Phi) is 4.81. The van der Waals surface area contributed by atoms with E-state index in [1.54, 1.807) is 12.1 Å². The molecule has 0 heterocycles. The van der Waals surface area contributed by atoms with Crippen LogP contribution in [0.4, 0.5) is 4.39 Å². The molecule has 5 heteroatoms. The molecule has 1 rings (SSSR count). The first-order valence-electron chi connectivity index (χ1n) is 5.78. The van der Waals surface area contributed by atoms with Crippen LogP contribution in [0.3, 0.4) is 0 Å². The Morgan fingerprint density at radius 2 is 2.00 bits per heavy atom. The summed E-state index contributed by atoms with van der Waals surface area (Å²) in [7, 11) is 0. The summed E-state index contributed by atoms with van der Waals surface area (Å²) in [5.41, 5.74) is 6.16. The maximum absolute atomic E-state index is 12.8. The molecule has 1 atom stereocenters. The zero-order valence-electron chi connectivity index (χ0n) is 10.6. The molecule has 100 valence electrons. The lowest BCUT2D eigenvalue weighted by Crippen LogP contribution is -2.44. The maximum Gasteiger partial charge on any atom is 0.321 e. The number of benzene rings is 1. The molecule has 0 aromatic heterocycles. The van der Waals surface area contributed by atoms with Crippen LogP contribution in [-0.2, 0) is 10.2 Å². The van der Waals surface area contributed by atoms with Crippen molar-refractivity contribution in [2.24, 2.45) is 5.73 Å². The van der Waals surface area contributed by atoms with Crippen LogP contribution in [0.25, 0.3) is 0 Å². The number of halogens is 1. The first-order valence-corrected chi connectivity index (χ1v) is 5.78. The average Bonchev–Trinajstić information content (AvgIpc) is 2.29. The van der Waals surface area contributed by atoms with Crippen molar-refractivity contribution < 1.29 is 14.3 Å². The topological polar surface area (TPSA) is 75.3 Å². The van der Waals surface area contributed by atoms with Crippen LogP contribution in [0.2, 0.25) is 0 Å². The molecule has 0 saturated heterocycles. The van der Waals surface area contributed by atoms with Crippen LogP contribution < -0.4 is 11.1 Å². The number of aliphatic carboxylic acids is 1. The Morgan fingerprint density at radius 3 is 2.50 bits per heavy atom. The average molecular weight is 254 g/mol. The molecule has 4 N–H and O–H groups in total. The normalized spacial score (nSPS) is 13.3. The van der Waals surface area contributed by atoms with Crippen LogP contribution in [0.15, 0.2) is 24.3 Å². The van der Waals surface area contributed by atoms with Gasteiger partial charge in [0.05, 0.1) is 0 Å². The number of rotatable bonds is 6. The van der Waals surface area contributed by atoms with Crippen LogP contribution in [0, 0.1) is 5.82 Å². The van der Waals surface area contributed by atoms with Crippen molar-refractivity contribution in [3.05, 3.63) is 35.6 Å². The summed E-state index contributed by atoms with van der Waals surface area (Å²) in [4.78, 5) is 10.6. The van der Waals surface area contributed by atoms with E-state index in [4.69, 9.17) is 10.8 Å². The lowest BCUT2D eigenvalue weighted by Gasteiger charge is -2.26. The van der Waals surface area contributed by atoms with E-state index in [0.29, 0.717) is 6.54 Å². The fraction of sp³-hybridized carbons (Fsp3) is 0.462. The summed E-state index contributed by atoms with van der Waals surface area (Å²) in [6.07, 6.45) is 0. The van der Waals surface area contributed by atoms with Gasteiger partial charge in [0.25, 0.3) is 0 Å². The summed E-state index contributed by atoms with van der Waals surface area (Å²) in [5.74, 6) is -1.29. The van der Waals surface area contributed by atoms with E-state index in [9.17, 15) is 9.18 Å². The van der Waals surface area contributed by atoms with Gasteiger partial charge in [0, 0.05) is 18.5 Å². The molecule has 1 aromatic rings. The first-order chi connectivity index (χ1) is 8.33. The standard InChI is InChI=1S/C13H19FN2O2/c1-13(2,8-16-7-11(15)12(17)18)9-3-5-10(14)6-4-9/h3-6,11,16H,7-8,15H2,1-2H3,(H,17,18). The van der Waals surface area contributed by atoms with E-state index >= 15 is 0 Å². The van der Waals surface area contributed by atoms with E-state index in [2.05, 4.69) is 5.32 Å². The van der Waals surface area contributed by atoms with E-state index in [1.807, 2.05) is 13.8 Å². The fourth-order valence-electron chi connectivity index (χ4n) is 1.63. The molecule has 0 aliphatic carbocycles. The summed E-state index contributed by atoms with van der Waals surface area (Å²) >= 11 is 0. The van der Waals surface area contributed by atoms with Crippen molar-refractivity contribution in [3.63, 3.8) is 0 Å². The number of hydrogen-bond donors (Lipinski definition) is 3.